The fourth-order valence-corrected chi connectivity index (χ4v) is 5.27. The summed E-state index contributed by atoms with van der Waals surface area (Å²) in [6.07, 6.45) is 5.59. The number of hydrogen-bond donors (Lipinski definition) is 1. The number of piperidine rings is 3. The highest BCUT2D eigenvalue weighted by Crippen LogP contribution is 2.31. The summed E-state index contributed by atoms with van der Waals surface area (Å²) in [5.41, 5.74) is 1.66. The number of thiazole rings is 1. The van der Waals surface area contributed by atoms with Gasteiger partial charge in [-0.1, -0.05) is 11.6 Å². The second-order valence-corrected chi connectivity index (χ2v) is 9.17. The van der Waals surface area contributed by atoms with E-state index in [2.05, 4.69) is 15.2 Å². The van der Waals surface area contributed by atoms with Gasteiger partial charge in [-0.25, -0.2) is 4.98 Å². The third-order valence-electron chi connectivity index (χ3n) is 6.03. The molecule has 154 valence electrons. The quantitative estimate of drug-likeness (QED) is 0.674. The molecular formula is C22H21ClN4O2S. The van der Waals surface area contributed by atoms with E-state index in [4.69, 9.17) is 11.6 Å². The Balaban J connectivity index is 1.48. The molecule has 1 atom stereocenters. The average molecular weight is 441 g/mol. The number of nitrogens with one attached hydrogen (secondary N) is 1. The van der Waals surface area contributed by atoms with Crippen LogP contribution in [-0.2, 0) is 0 Å². The number of nitrogens with zero attached hydrogens (tertiary/aromatic N) is 3. The first-order valence-electron chi connectivity index (χ1n) is 10.0. The fraction of sp³-hybridized carbons (Fsp3) is 0.318. The zero-order chi connectivity index (χ0) is 20.7. The van der Waals surface area contributed by atoms with Gasteiger partial charge in [0.2, 0.25) is 0 Å². The lowest BCUT2D eigenvalue weighted by Gasteiger charge is -2.44. The largest absolute Gasteiger partial charge is 0.348 e. The molecule has 30 heavy (non-hydrogen) atoms. The van der Waals surface area contributed by atoms with Crippen molar-refractivity contribution >= 4 is 28.8 Å². The highest BCUT2D eigenvalue weighted by molar-refractivity contribution is 7.13. The normalized spacial score (nSPS) is 22.8. The van der Waals surface area contributed by atoms with Crippen molar-refractivity contribution in [2.75, 3.05) is 19.6 Å². The molecule has 0 radical (unpaired) electrons. The number of aromatic nitrogens is 2. The number of amides is 1. The molecule has 6 nitrogen and oxygen atoms in total. The number of benzene rings is 1. The number of fused-ring (bicyclic) bond motifs is 3. The smallest absolute Gasteiger partial charge is 0.255 e. The highest BCUT2D eigenvalue weighted by atomic mass is 35.5. The van der Waals surface area contributed by atoms with Crippen molar-refractivity contribution < 1.29 is 4.79 Å². The standard InChI is InChI=1S/C22H21ClN4O2S/c23-16-2-3-19(17(11-16)22-24-7-10-30-22)27-12-15(1-4-20(27)28)21(29)25-18-13-26-8-5-14(18)6-9-26/h1-4,7,10-12,14,18H,5-6,8-9,13H2,(H,25,29). The van der Waals surface area contributed by atoms with E-state index in [1.165, 1.54) is 22.0 Å². The molecule has 5 heterocycles. The van der Waals surface area contributed by atoms with Crippen LogP contribution in [-0.4, -0.2) is 46.0 Å². The summed E-state index contributed by atoms with van der Waals surface area (Å²) in [4.78, 5) is 32.4. The summed E-state index contributed by atoms with van der Waals surface area (Å²) in [5, 5.41) is 6.39. The van der Waals surface area contributed by atoms with Crippen LogP contribution in [0.4, 0.5) is 0 Å². The van der Waals surface area contributed by atoms with Crippen LogP contribution in [0.25, 0.3) is 16.3 Å². The van der Waals surface area contributed by atoms with Crippen LogP contribution in [0.5, 0.6) is 0 Å². The van der Waals surface area contributed by atoms with Gasteiger partial charge in [-0.3, -0.25) is 14.2 Å². The summed E-state index contributed by atoms with van der Waals surface area (Å²) in [7, 11) is 0. The third-order valence-corrected chi connectivity index (χ3v) is 7.07. The Bertz CT molecular complexity index is 1140. The summed E-state index contributed by atoms with van der Waals surface area (Å²) in [5.74, 6) is 0.393. The molecule has 1 aromatic carbocycles. The van der Waals surface area contributed by atoms with E-state index < -0.39 is 0 Å². The molecule has 1 N–H and O–H groups in total. The molecule has 2 bridgehead atoms. The summed E-state index contributed by atoms with van der Waals surface area (Å²) >= 11 is 7.67. The predicted molar refractivity (Wildman–Crippen MR) is 119 cm³/mol. The maximum Gasteiger partial charge on any atom is 0.255 e. The van der Waals surface area contributed by atoms with Gasteiger partial charge < -0.3 is 10.2 Å². The summed E-state index contributed by atoms with van der Waals surface area (Å²) < 4.78 is 1.50. The minimum atomic E-state index is -0.213. The first-order chi connectivity index (χ1) is 14.6. The number of halogens is 1. The van der Waals surface area contributed by atoms with Gasteiger partial charge in [0.15, 0.2) is 0 Å². The molecule has 3 saturated heterocycles. The molecule has 0 saturated carbocycles. The second kappa shape index (κ2) is 7.98. The fourth-order valence-electron chi connectivity index (χ4n) is 4.44. The molecule has 0 aliphatic carbocycles. The van der Waals surface area contributed by atoms with Crippen LogP contribution >= 0.6 is 22.9 Å². The molecule has 1 amide bonds. The Labute approximate surface area is 183 Å². The number of carbonyl (C=O) groups is 1. The van der Waals surface area contributed by atoms with Crippen LogP contribution in [0.2, 0.25) is 5.02 Å². The molecule has 0 spiro atoms. The maximum atomic E-state index is 13.0. The van der Waals surface area contributed by atoms with Gasteiger partial charge in [-0.05, 0) is 56.1 Å². The minimum Gasteiger partial charge on any atom is -0.348 e. The molecule has 3 fully saturated rings. The minimum absolute atomic E-state index is 0.146. The average Bonchev–Trinajstić information content (AvgIpc) is 3.30. The van der Waals surface area contributed by atoms with Crippen molar-refractivity contribution in [3.8, 4) is 16.3 Å². The van der Waals surface area contributed by atoms with Crippen LogP contribution in [0.1, 0.15) is 23.2 Å². The summed E-state index contributed by atoms with van der Waals surface area (Å²) in [6, 6.07) is 8.51. The number of pyridine rings is 1. The van der Waals surface area contributed by atoms with Crippen molar-refractivity contribution in [3.63, 3.8) is 0 Å². The molecule has 3 aromatic rings. The summed E-state index contributed by atoms with van der Waals surface area (Å²) in [6.45, 7) is 3.15. The lowest BCUT2D eigenvalue weighted by atomic mass is 9.84. The Morgan fingerprint density at radius 3 is 2.73 bits per heavy atom. The first kappa shape index (κ1) is 19.5. The van der Waals surface area contributed by atoms with E-state index in [1.807, 2.05) is 5.38 Å². The topological polar surface area (TPSA) is 67.2 Å². The lowest BCUT2D eigenvalue weighted by molar-refractivity contribution is 0.0620. The Morgan fingerprint density at radius 2 is 2.03 bits per heavy atom. The molecule has 2 aromatic heterocycles. The molecule has 3 aliphatic heterocycles. The zero-order valence-electron chi connectivity index (χ0n) is 16.3. The Morgan fingerprint density at radius 1 is 1.20 bits per heavy atom. The van der Waals surface area contributed by atoms with Crippen molar-refractivity contribution in [2.45, 2.75) is 18.9 Å². The SMILES string of the molecule is O=C(NC1CN2CCC1CC2)c1ccc(=O)n(-c2ccc(Cl)cc2-c2nccs2)c1. The van der Waals surface area contributed by atoms with Gasteiger partial charge in [0, 0.05) is 47.0 Å². The molecule has 1 unspecified atom stereocenters. The maximum absolute atomic E-state index is 13.0. The van der Waals surface area contributed by atoms with Gasteiger partial charge in [-0.2, -0.15) is 0 Å². The third kappa shape index (κ3) is 3.69. The highest BCUT2D eigenvalue weighted by Gasteiger charge is 2.35. The monoisotopic (exact) mass is 440 g/mol. The van der Waals surface area contributed by atoms with Crippen LogP contribution in [0, 0.1) is 5.92 Å². The van der Waals surface area contributed by atoms with Gasteiger partial charge in [0.1, 0.15) is 5.01 Å². The van der Waals surface area contributed by atoms with Gasteiger partial charge in [-0.15, -0.1) is 11.3 Å². The number of carbonyl (C=O) groups excluding carboxylic acids is 1. The van der Waals surface area contributed by atoms with Gasteiger partial charge in [0.05, 0.1) is 11.3 Å². The van der Waals surface area contributed by atoms with Crippen LogP contribution < -0.4 is 10.9 Å². The van der Waals surface area contributed by atoms with E-state index in [0.717, 1.165) is 43.0 Å². The molecule has 8 heteroatoms. The first-order valence-corrected chi connectivity index (χ1v) is 11.3. The van der Waals surface area contributed by atoms with Gasteiger partial charge in [0.25, 0.3) is 11.5 Å². The van der Waals surface area contributed by atoms with Crippen molar-refractivity contribution in [1.29, 1.82) is 0 Å². The van der Waals surface area contributed by atoms with Crippen molar-refractivity contribution in [2.24, 2.45) is 5.92 Å². The van der Waals surface area contributed by atoms with E-state index >= 15 is 0 Å². The van der Waals surface area contributed by atoms with Crippen molar-refractivity contribution in [3.05, 3.63) is 69.0 Å². The number of rotatable bonds is 4. The molecular weight excluding hydrogens is 420 g/mol. The van der Waals surface area contributed by atoms with E-state index in [-0.39, 0.29) is 17.5 Å². The predicted octanol–water partition coefficient (Wildman–Crippen LogP) is 3.44. The molecule has 6 rings (SSSR count). The lowest BCUT2D eigenvalue weighted by Crippen LogP contribution is -2.57. The number of hydrogen-bond acceptors (Lipinski definition) is 5. The van der Waals surface area contributed by atoms with E-state index in [9.17, 15) is 9.59 Å². The van der Waals surface area contributed by atoms with E-state index in [1.54, 1.807) is 36.7 Å². The second-order valence-electron chi connectivity index (χ2n) is 7.84. The Hall–Kier alpha value is -2.48. The molecule has 3 aliphatic rings. The zero-order valence-corrected chi connectivity index (χ0v) is 17.8. The van der Waals surface area contributed by atoms with Crippen molar-refractivity contribution in [1.82, 2.24) is 19.8 Å². The van der Waals surface area contributed by atoms with Crippen LogP contribution in [0.15, 0.2) is 52.9 Å². The van der Waals surface area contributed by atoms with E-state index in [0.29, 0.717) is 22.2 Å². The van der Waals surface area contributed by atoms with Crippen LogP contribution in [0.3, 0.4) is 0 Å². The van der Waals surface area contributed by atoms with Gasteiger partial charge >= 0.3 is 0 Å². The Kier molecular flexibility index (Phi) is 5.18.